The van der Waals surface area contributed by atoms with E-state index in [1.807, 2.05) is 0 Å². The molecule has 4 rings (SSSR count). The number of ether oxygens (including phenoxy) is 1. The summed E-state index contributed by atoms with van der Waals surface area (Å²) in [7, 11) is 1.38. The second-order valence-corrected chi connectivity index (χ2v) is 7.66. The van der Waals surface area contributed by atoms with Gasteiger partial charge in [0.25, 0.3) is 0 Å². The summed E-state index contributed by atoms with van der Waals surface area (Å²) in [5.41, 5.74) is 5.72. The Morgan fingerprint density at radius 2 is 1.82 bits per heavy atom. The Hall–Kier alpha value is -2.95. The lowest BCUT2D eigenvalue weighted by Crippen LogP contribution is -2.28. The molecule has 1 aromatic heterocycles. The largest absolute Gasteiger partial charge is 0.467 e. The Bertz CT molecular complexity index is 1050. The summed E-state index contributed by atoms with van der Waals surface area (Å²) in [5, 5.41) is 5.68. The summed E-state index contributed by atoms with van der Waals surface area (Å²) >= 11 is 0. The molecule has 3 aromatic rings. The summed E-state index contributed by atoms with van der Waals surface area (Å²) in [4.78, 5) is 21.2. The van der Waals surface area contributed by atoms with Crippen LogP contribution in [-0.4, -0.2) is 29.1 Å². The predicted molar refractivity (Wildman–Crippen MR) is 112 cm³/mol. The quantitative estimate of drug-likeness (QED) is 0.666. The minimum Gasteiger partial charge on any atom is -0.467 e. The highest BCUT2D eigenvalue weighted by Gasteiger charge is 2.19. The number of aryl methyl sites for hydroxylation is 2. The van der Waals surface area contributed by atoms with Crippen LogP contribution in [0.4, 0.5) is 5.95 Å². The van der Waals surface area contributed by atoms with Gasteiger partial charge in [0.2, 0.25) is 5.95 Å². The molecule has 28 heavy (non-hydrogen) atoms. The molecule has 0 spiro atoms. The van der Waals surface area contributed by atoms with Crippen LogP contribution in [0.2, 0.25) is 0 Å². The Balaban J connectivity index is 1.84. The number of carbonyl (C=O) groups is 1. The molecule has 0 aliphatic heterocycles. The lowest BCUT2D eigenvalue weighted by atomic mass is 9.97. The fraction of sp³-hybridized carbons (Fsp3) is 0.348. The van der Waals surface area contributed by atoms with E-state index >= 15 is 0 Å². The van der Waals surface area contributed by atoms with Gasteiger partial charge in [-0.1, -0.05) is 44.2 Å². The molecule has 2 aromatic carbocycles. The monoisotopic (exact) mass is 375 g/mol. The van der Waals surface area contributed by atoms with Gasteiger partial charge in [0, 0.05) is 11.3 Å². The zero-order chi connectivity index (χ0) is 19.8. The van der Waals surface area contributed by atoms with Gasteiger partial charge in [0.05, 0.1) is 12.8 Å². The summed E-state index contributed by atoms with van der Waals surface area (Å²) in [6.45, 7) is 5.95. The van der Waals surface area contributed by atoms with E-state index in [2.05, 4.69) is 60.5 Å². The predicted octanol–water partition coefficient (Wildman–Crippen LogP) is 4.49. The van der Waals surface area contributed by atoms with Gasteiger partial charge in [-0.05, 0) is 53.6 Å². The zero-order valence-corrected chi connectivity index (χ0v) is 16.7. The number of methoxy groups -OCH3 is 1. The lowest BCUT2D eigenvalue weighted by molar-refractivity contribution is -0.141. The summed E-state index contributed by atoms with van der Waals surface area (Å²) in [5.74, 6) is 0.348. The van der Waals surface area contributed by atoms with Gasteiger partial charge >= 0.3 is 5.97 Å². The van der Waals surface area contributed by atoms with Crippen molar-refractivity contribution in [3.63, 3.8) is 0 Å². The van der Waals surface area contributed by atoms with Crippen LogP contribution in [0.25, 0.3) is 22.0 Å². The summed E-state index contributed by atoms with van der Waals surface area (Å²) in [6.07, 6.45) is 2.20. The van der Waals surface area contributed by atoms with E-state index in [4.69, 9.17) is 9.72 Å². The number of nitrogens with zero attached hydrogens (tertiary/aromatic N) is 2. The summed E-state index contributed by atoms with van der Waals surface area (Å²) < 4.78 is 4.81. The highest BCUT2D eigenvalue weighted by Crippen LogP contribution is 2.37. The number of rotatable bonds is 5. The Labute approximate surface area is 165 Å². The van der Waals surface area contributed by atoms with E-state index in [0.29, 0.717) is 5.95 Å². The Morgan fingerprint density at radius 3 is 2.54 bits per heavy atom. The Kier molecular flexibility index (Phi) is 4.75. The van der Waals surface area contributed by atoms with Crippen molar-refractivity contribution in [2.75, 3.05) is 12.4 Å². The third-order valence-electron chi connectivity index (χ3n) is 5.39. The molecule has 1 atom stereocenters. The third-order valence-corrected chi connectivity index (χ3v) is 5.39. The molecule has 0 saturated heterocycles. The van der Waals surface area contributed by atoms with Crippen LogP contribution in [0.15, 0.2) is 36.4 Å². The number of aromatic nitrogens is 2. The van der Waals surface area contributed by atoms with E-state index in [1.165, 1.54) is 29.0 Å². The first kappa shape index (κ1) is 18.4. The van der Waals surface area contributed by atoms with Crippen LogP contribution in [0, 0.1) is 0 Å². The third kappa shape index (κ3) is 3.21. The number of hydrogen-bond donors (Lipinski definition) is 1. The van der Waals surface area contributed by atoms with Gasteiger partial charge in [-0.3, -0.25) is 0 Å². The number of esters is 1. The van der Waals surface area contributed by atoms with Crippen molar-refractivity contribution in [1.29, 1.82) is 0 Å². The van der Waals surface area contributed by atoms with Gasteiger partial charge in [0.1, 0.15) is 6.04 Å². The normalized spacial score (nSPS) is 13.8. The first-order valence-electron chi connectivity index (χ1n) is 9.75. The first-order valence-corrected chi connectivity index (χ1v) is 9.75. The molecule has 1 unspecified atom stereocenters. The van der Waals surface area contributed by atoms with E-state index in [-0.39, 0.29) is 11.9 Å². The van der Waals surface area contributed by atoms with Gasteiger partial charge in [-0.2, -0.15) is 0 Å². The Morgan fingerprint density at radius 1 is 1.07 bits per heavy atom. The van der Waals surface area contributed by atoms with Crippen LogP contribution in [0.5, 0.6) is 0 Å². The van der Waals surface area contributed by atoms with E-state index in [0.717, 1.165) is 29.8 Å². The van der Waals surface area contributed by atoms with Crippen molar-refractivity contribution in [3.8, 4) is 11.3 Å². The topological polar surface area (TPSA) is 64.1 Å². The molecule has 5 nitrogen and oxygen atoms in total. The van der Waals surface area contributed by atoms with Crippen molar-refractivity contribution >= 4 is 22.7 Å². The molecule has 1 aliphatic rings. The molecule has 0 radical (unpaired) electrons. The average molecular weight is 375 g/mol. The van der Waals surface area contributed by atoms with Crippen LogP contribution >= 0.6 is 0 Å². The molecule has 5 heteroatoms. The number of carbonyl (C=O) groups excluding carboxylic acids is 1. The average Bonchev–Trinajstić information content (AvgIpc) is 3.12. The van der Waals surface area contributed by atoms with Crippen LogP contribution in [0.3, 0.4) is 0 Å². The van der Waals surface area contributed by atoms with Crippen molar-refractivity contribution in [2.45, 2.75) is 45.6 Å². The fourth-order valence-corrected chi connectivity index (χ4v) is 3.86. The van der Waals surface area contributed by atoms with E-state index in [1.54, 1.807) is 6.92 Å². The minimum atomic E-state index is -0.520. The van der Waals surface area contributed by atoms with Gasteiger partial charge in [0.15, 0.2) is 0 Å². The van der Waals surface area contributed by atoms with E-state index < -0.39 is 6.04 Å². The summed E-state index contributed by atoms with van der Waals surface area (Å²) in [6, 6.07) is 12.4. The van der Waals surface area contributed by atoms with Crippen LogP contribution in [-0.2, 0) is 22.4 Å². The number of benzene rings is 2. The van der Waals surface area contributed by atoms with Crippen molar-refractivity contribution < 1.29 is 9.53 Å². The van der Waals surface area contributed by atoms with Gasteiger partial charge in [-0.25, -0.2) is 14.8 Å². The lowest BCUT2D eigenvalue weighted by Gasteiger charge is -2.16. The molecule has 144 valence electrons. The molecular formula is C23H25N3O2. The molecule has 0 fully saturated rings. The first-order chi connectivity index (χ1) is 13.5. The maximum atomic E-state index is 11.8. The maximum Gasteiger partial charge on any atom is 0.328 e. The van der Waals surface area contributed by atoms with Gasteiger partial charge in [-0.15, -0.1) is 0 Å². The van der Waals surface area contributed by atoms with Crippen molar-refractivity contribution in [1.82, 2.24) is 9.97 Å². The highest BCUT2D eigenvalue weighted by atomic mass is 16.5. The molecule has 1 aliphatic carbocycles. The number of nitrogens with one attached hydrogen (secondary N) is 1. The molecule has 0 saturated carbocycles. The SMILES string of the molecule is COC(=O)C(C)Nc1nc(-c2ccc3c4c(cccc24)CC3)cc(C(C)C)n1. The molecule has 0 bridgehead atoms. The van der Waals surface area contributed by atoms with E-state index in [9.17, 15) is 4.79 Å². The molecular weight excluding hydrogens is 350 g/mol. The minimum absolute atomic E-state index is 0.243. The van der Waals surface area contributed by atoms with Crippen molar-refractivity contribution in [2.24, 2.45) is 0 Å². The molecule has 1 N–H and O–H groups in total. The standard InChI is InChI=1S/C23H25N3O2/c1-13(2)19-12-20(26-23(25-19)24-14(3)22(27)28-4)17-11-10-16-9-8-15-6-5-7-18(17)21(15)16/h5-7,10-14H,8-9H2,1-4H3,(H,24,25,26). The van der Waals surface area contributed by atoms with Crippen LogP contribution < -0.4 is 5.32 Å². The maximum absolute atomic E-state index is 11.8. The number of hydrogen-bond acceptors (Lipinski definition) is 5. The molecule has 0 amide bonds. The highest BCUT2D eigenvalue weighted by molar-refractivity contribution is 6.00. The number of anilines is 1. The second kappa shape index (κ2) is 7.23. The van der Waals surface area contributed by atoms with Gasteiger partial charge < -0.3 is 10.1 Å². The van der Waals surface area contributed by atoms with Crippen LogP contribution in [0.1, 0.15) is 43.5 Å². The zero-order valence-electron chi connectivity index (χ0n) is 16.7. The molecule has 1 heterocycles. The second-order valence-electron chi connectivity index (χ2n) is 7.66. The fourth-order valence-electron chi connectivity index (χ4n) is 3.86. The van der Waals surface area contributed by atoms with Crippen molar-refractivity contribution in [3.05, 3.63) is 53.2 Å². The smallest absolute Gasteiger partial charge is 0.328 e.